The average Bonchev–Trinajstić information content (AvgIpc) is 2.69. The summed E-state index contributed by atoms with van der Waals surface area (Å²) in [4.78, 5) is 31.4. The zero-order chi connectivity index (χ0) is 18.4. The summed E-state index contributed by atoms with van der Waals surface area (Å²) in [5.74, 6) is 1.02. The first-order valence-corrected chi connectivity index (χ1v) is 9.27. The van der Waals surface area contributed by atoms with Gasteiger partial charge in [0.05, 0.1) is 6.04 Å². The number of carbonyl (C=O) groups is 1. The Bertz CT molecular complexity index is 646. The molecule has 0 amide bonds. The van der Waals surface area contributed by atoms with Gasteiger partial charge in [0.15, 0.2) is 0 Å². The van der Waals surface area contributed by atoms with E-state index >= 15 is 0 Å². The summed E-state index contributed by atoms with van der Waals surface area (Å²) < 4.78 is 0. The molecule has 1 aromatic rings. The Morgan fingerprint density at radius 1 is 1.23 bits per heavy atom. The van der Waals surface area contributed by atoms with Crippen molar-refractivity contribution in [2.24, 2.45) is 5.92 Å². The Morgan fingerprint density at radius 3 is 2.46 bits per heavy atom. The smallest absolute Gasteiger partial charge is 0.344 e. The maximum atomic E-state index is 11.6. The van der Waals surface area contributed by atoms with Crippen LogP contribution in [0.2, 0.25) is 0 Å². The molecule has 7 nitrogen and oxygen atoms in total. The highest BCUT2D eigenvalue weighted by Crippen LogP contribution is 2.26. The topological polar surface area (TPSA) is 85.8 Å². The van der Waals surface area contributed by atoms with Gasteiger partial charge >= 0.3 is 5.97 Å². The number of aliphatic carboxylic acids is 1. The molecule has 1 aromatic heterocycles. The summed E-state index contributed by atoms with van der Waals surface area (Å²) in [7, 11) is 0. The molecule has 0 saturated carbocycles. The number of nitrogens with zero attached hydrogens (tertiary/aromatic N) is 3. The number of aromatic nitrogens is 1. The number of hydrogen-bond acceptors (Lipinski definition) is 6. The van der Waals surface area contributed by atoms with Gasteiger partial charge in [-0.2, -0.15) is 0 Å². The van der Waals surface area contributed by atoms with Gasteiger partial charge in [-0.05, 0) is 50.4 Å². The van der Waals surface area contributed by atoms with Gasteiger partial charge in [-0.3, -0.25) is 9.88 Å². The summed E-state index contributed by atoms with van der Waals surface area (Å²) >= 11 is 0. The van der Waals surface area contributed by atoms with E-state index in [9.17, 15) is 14.7 Å². The number of hydrogen-bond donors (Lipinski definition) is 2. The number of carboxylic acids is 1. The number of carbonyl (C=O) groups excluding carboxylic acids is 1. The lowest BCUT2D eigenvalue weighted by molar-refractivity contribution is -0.133. The number of carboxylic acid groups (broad SMARTS) is 1. The van der Waals surface area contributed by atoms with Crippen LogP contribution in [0.1, 0.15) is 19.3 Å². The minimum Gasteiger partial charge on any atom is -0.477 e. The first-order valence-electron chi connectivity index (χ1n) is 9.27. The van der Waals surface area contributed by atoms with Crippen LogP contribution < -0.4 is 10.2 Å². The molecule has 3 heterocycles. The molecular formula is C19H26N4O3. The molecule has 140 valence electrons. The molecule has 7 heteroatoms. The second-order valence-corrected chi connectivity index (χ2v) is 6.99. The maximum absolute atomic E-state index is 11.6. The largest absolute Gasteiger partial charge is 0.477 e. The molecule has 3 rings (SSSR count). The third kappa shape index (κ3) is 4.49. The van der Waals surface area contributed by atoms with Gasteiger partial charge in [0.1, 0.15) is 11.5 Å². The van der Waals surface area contributed by atoms with Crippen molar-refractivity contribution in [1.29, 1.82) is 0 Å². The van der Waals surface area contributed by atoms with Gasteiger partial charge in [-0.15, -0.1) is 0 Å². The van der Waals surface area contributed by atoms with Crippen molar-refractivity contribution in [2.75, 3.05) is 44.2 Å². The maximum Gasteiger partial charge on any atom is 0.344 e. The lowest BCUT2D eigenvalue weighted by atomic mass is 9.87. The molecule has 2 aliphatic rings. The van der Waals surface area contributed by atoms with Crippen molar-refractivity contribution < 1.29 is 14.7 Å². The quantitative estimate of drug-likeness (QED) is 0.575. The SMILES string of the molecule is O=C=C(C(=O)O)C(CC1CCNCC1)N1CCN(c2ccncc2)CC1. The lowest BCUT2D eigenvalue weighted by Gasteiger charge is -2.41. The third-order valence-electron chi connectivity index (χ3n) is 5.47. The first kappa shape index (κ1) is 18.6. The van der Waals surface area contributed by atoms with Gasteiger partial charge in [0.2, 0.25) is 0 Å². The van der Waals surface area contributed by atoms with E-state index in [4.69, 9.17) is 0 Å². The van der Waals surface area contributed by atoms with Gasteiger partial charge in [-0.1, -0.05) is 0 Å². The molecule has 2 fully saturated rings. The predicted molar refractivity (Wildman–Crippen MR) is 98.9 cm³/mol. The molecular weight excluding hydrogens is 332 g/mol. The number of nitrogens with one attached hydrogen (secondary N) is 1. The summed E-state index contributed by atoms with van der Waals surface area (Å²) in [6.07, 6.45) is 6.32. The fourth-order valence-corrected chi connectivity index (χ4v) is 3.98. The van der Waals surface area contributed by atoms with Crippen molar-refractivity contribution in [3.63, 3.8) is 0 Å². The molecule has 1 atom stereocenters. The van der Waals surface area contributed by atoms with Crippen molar-refractivity contribution in [1.82, 2.24) is 15.2 Å². The van der Waals surface area contributed by atoms with Gasteiger partial charge in [-0.25, -0.2) is 9.59 Å². The molecule has 2 aliphatic heterocycles. The van der Waals surface area contributed by atoms with Crippen LogP contribution in [-0.2, 0) is 9.59 Å². The molecule has 0 aliphatic carbocycles. The number of anilines is 1. The van der Waals surface area contributed by atoms with Gasteiger partial charge in [0.25, 0.3) is 0 Å². The van der Waals surface area contributed by atoms with Crippen LogP contribution in [0.5, 0.6) is 0 Å². The summed E-state index contributed by atoms with van der Waals surface area (Å²) in [5.41, 5.74) is 1.000. The van der Waals surface area contributed by atoms with E-state index in [-0.39, 0.29) is 11.6 Å². The van der Waals surface area contributed by atoms with E-state index in [2.05, 4.69) is 20.1 Å². The zero-order valence-electron chi connectivity index (χ0n) is 14.9. The highest BCUT2D eigenvalue weighted by Gasteiger charge is 2.33. The summed E-state index contributed by atoms with van der Waals surface area (Å²) in [5, 5.41) is 12.8. The average molecular weight is 358 g/mol. The first-order chi connectivity index (χ1) is 12.7. The van der Waals surface area contributed by atoms with Crippen LogP contribution in [0.4, 0.5) is 5.69 Å². The number of piperidine rings is 1. The van der Waals surface area contributed by atoms with E-state index in [0.717, 1.165) is 57.8 Å². The third-order valence-corrected chi connectivity index (χ3v) is 5.47. The van der Waals surface area contributed by atoms with Gasteiger partial charge in [0, 0.05) is 44.3 Å². The van der Waals surface area contributed by atoms with E-state index in [1.54, 1.807) is 18.3 Å². The monoisotopic (exact) mass is 358 g/mol. The van der Waals surface area contributed by atoms with E-state index in [0.29, 0.717) is 12.3 Å². The summed E-state index contributed by atoms with van der Waals surface area (Å²) in [6, 6.07) is 3.61. The minimum atomic E-state index is -1.14. The Hall–Kier alpha value is -2.21. The molecule has 26 heavy (non-hydrogen) atoms. The Morgan fingerprint density at radius 2 is 1.88 bits per heavy atom. The van der Waals surface area contributed by atoms with Gasteiger partial charge < -0.3 is 15.3 Å². The minimum absolute atomic E-state index is 0.124. The molecule has 0 radical (unpaired) electrons. The van der Waals surface area contributed by atoms with E-state index < -0.39 is 5.97 Å². The fraction of sp³-hybridized carbons (Fsp3) is 0.579. The second-order valence-electron chi connectivity index (χ2n) is 6.99. The Kier molecular flexibility index (Phi) is 6.39. The van der Waals surface area contributed by atoms with Crippen LogP contribution in [0.3, 0.4) is 0 Å². The zero-order valence-corrected chi connectivity index (χ0v) is 14.9. The molecule has 2 N–H and O–H groups in total. The Balaban J connectivity index is 1.68. The van der Waals surface area contributed by atoms with Crippen LogP contribution in [0, 0.1) is 5.92 Å². The standard InChI is InChI=1S/C19H26N4O3/c24-14-17(19(25)26)18(13-15-1-5-20-6-2-15)23-11-9-22(10-12-23)16-3-7-21-8-4-16/h3-4,7-8,15,18,20H,1-2,5-6,9-13H2,(H,25,26). The van der Waals surface area contributed by atoms with Crippen molar-refractivity contribution in [3.8, 4) is 0 Å². The van der Waals surface area contributed by atoms with Crippen molar-refractivity contribution in [3.05, 3.63) is 30.1 Å². The molecule has 2 saturated heterocycles. The van der Waals surface area contributed by atoms with E-state index in [1.807, 2.05) is 12.1 Å². The highest BCUT2D eigenvalue weighted by atomic mass is 16.4. The second kappa shape index (κ2) is 8.94. The number of pyridine rings is 1. The van der Waals surface area contributed by atoms with Crippen molar-refractivity contribution in [2.45, 2.75) is 25.3 Å². The molecule has 0 spiro atoms. The highest BCUT2D eigenvalue weighted by molar-refractivity contribution is 5.96. The van der Waals surface area contributed by atoms with Crippen LogP contribution in [0.15, 0.2) is 30.1 Å². The van der Waals surface area contributed by atoms with Crippen molar-refractivity contribution >= 4 is 17.6 Å². The van der Waals surface area contributed by atoms with E-state index in [1.165, 1.54) is 0 Å². The van der Waals surface area contributed by atoms with Crippen LogP contribution in [0.25, 0.3) is 0 Å². The molecule has 0 aromatic carbocycles. The normalized spacial score (nSPS) is 20.4. The molecule has 0 bridgehead atoms. The fourth-order valence-electron chi connectivity index (χ4n) is 3.98. The lowest BCUT2D eigenvalue weighted by Crippen LogP contribution is -2.52. The Labute approximate surface area is 153 Å². The molecule has 1 unspecified atom stereocenters. The number of rotatable bonds is 6. The summed E-state index contributed by atoms with van der Waals surface area (Å²) in [6.45, 7) is 4.99. The van der Waals surface area contributed by atoms with Crippen LogP contribution in [-0.4, -0.2) is 72.2 Å². The van der Waals surface area contributed by atoms with Crippen LogP contribution >= 0.6 is 0 Å². The predicted octanol–water partition coefficient (Wildman–Crippen LogP) is 0.805. The number of piperazine rings is 1.